The molecule has 0 spiro atoms. The number of nitrogens with zero attached hydrogens (tertiary/aromatic N) is 2. The first kappa shape index (κ1) is 17.6. The highest BCUT2D eigenvalue weighted by Crippen LogP contribution is 2.40. The van der Waals surface area contributed by atoms with E-state index in [4.69, 9.17) is 25.5 Å². The molecule has 0 saturated heterocycles. The molecule has 24 heavy (non-hydrogen) atoms. The van der Waals surface area contributed by atoms with Crippen molar-refractivity contribution in [3.63, 3.8) is 0 Å². The van der Waals surface area contributed by atoms with E-state index in [0.29, 0.717) is 17.5 Å². The molecule has 0 aliphatic carbocycles. The highest BCUT2D eigenvalue weighted by molar-refractivity contribution is 7.81. The fraction of sp³-hybridized carbons (Fsp3) is 0.231. The molecule has 11 heteroatoms. The summed E-state index contributed by atoms with van der Waals surface area (Å²) in [5.41, 5.74) is 12.5. The first-order chi connectivity index (χ1) is 11.2. The number of methoxy groups -OCH3 is 2. The van der Waals surface area contributed by atoms with Crippen LogP contribution in [0.15, 0.2) is 18.3 Å². The lowest BCUT2D eigenvalue weighted by atomic mass is 10.1. The van der Waals surface area contributed by atoms with Crippen LogP contribution in [-0.2, 0) is 16.8 Å². The Balaban J connectivity index is 2.45. The lowest BCUT2D eigenvalue weighted by Crippen LogP contribution is -2.09. The first-order valence-electron chi connectivity index (χ1n) is 6.52. The minimum absolute atomic E-state index is 0.0527. The molecule has 0 radical (unpaired) electrons. The Labute approximate surface area is 138 Å². The highest BCUT2D eigenvalue weighted by Gasteiger charge is 2.20. The van der Waals surface area contributed by atoms with E-state index in [2.05, 4.69) is 14.2 Å². The molecule has 0 aliphatic heterocycles. The molecule has 0 bridgehead atoms. The van der Waals surface area contributed by atoms with Crippen molar-refractivity contribution < 1.29 is 26.6 Å². The standard InChI is InChI=1S/C13H16N4O6S/c1-21-9-4-7(3-8-6-16-13(15)17-12(8)14)5-10(22-2)11(9)23-24(18,19)20/h4-6H,3H2,1-2H3,(H,18,19,20)(H4,14,15,16,17). The molecule has 2 rings (SSSR count). The summed E-state index contributed by atoms with van der Waals surface area (Å²) in [5.74, 6) is 0.114. The van der Waals surface area contributed by atoms with Gasteiger partial charge in [0, 0.05) is 18.2 Å². The van der Waals surface area contributed by atoms with Gasteiger partial charge in [-0.1, -0.05) is 0 Å². The van der Waals surface area contributed by atoms with Crippen LogP contribution in [-0.4, -0.2) is 37.2 Å². The van der Waals surface area contributed by atoms with Crippen molar-refractivity contribution >= 4 is 22.2 Å². The zero-order valence-electron chi connectivity index (χ0n) is 12.9. The molecular weight excluding hydrogens is 340 g/mol. The maximum atomic E-state index is 11.0. The van der Waals surface area contributed by atoms with Crippen LogP contribution in [0.2, 0.25) is 0 Å². The summed E-state index contributed by atoms with van der Waals surface area (Å²) in [6.07, 6.45) is 1.80. The van der Waals surface area contributed by atoms with Crippen LogP contribution in [0.25, 0.3) is 0 Å². The molecule has 1 aromatic carbocycles. The van der Waals surface area contributed by atoms with E-state index >= 15 is 0 Å². The second-order valence-electron chi connectivity index (χ2n) is 4.66. The Morgan fingerprint density at radius 2 is 1.75 bits per heavy atom. The van der Waals surface area contributed by atoms with Gasteiger partial charge in [0.1, 0.15) is 5.82 Å². The van der Waals surface area contributed by atoms with Crippen molar-refractivity contribution in [1.82, 2.24) is 9.97 Å². The maximum absolute atomic E-state index is 11.0. The summed E-state index contributed by atoms with van der Waals surface area (Å²) >= 11 is 0. The molecule has 0 atom stereocenters. The number of benzene rings is 1. The summed E-state index contributed by atoms with van der Waals surface area (Å²) in [5, 5.41) is 0. The second kappa shape index (κ2) is 6.76. The van der Waals surface area contributed by atoms with Gasteiger partial charge in [0.15, 0.2) is 11.5 Å². The molecule has 130 valence electrons. The van der Waals surface area contributed by atoms with E-state index < -0.39 is 10.4 Å². The second-order valence-corrected chi connectivity index (χ2v) is 5.68. The van der Waals surface area contributed by atoms with Gasteiger partial charge in [-0.25, -0.2) is 4.98 Å². The third kappa shape index (κ3) is 4.14. The molecule has 0 saturated carbocycles. The smallest absolute Gasteiger partial charge is 0.446 e. The largest absolute Gasteiger partial charge is 0.493 e. The molecule has 5 N–H and O–H groups in total. The first-order valence-corrected chi connectivity index (χ1v) is 7.88. The van der Waals surface area contributed by atoms with Gasteiger partial charge in [-0.3, -0.25) is 4.55 Å². The molecule has 0 aliphatic rings. The Morgan fingerprint density at radius 1 is 1.17 bits per heavy atom. The summed E-state index contributed by atoms with van der Waals surface area (Å²) in [6.45, 7) is 0. The van der Waals surface area contributed by atoms with Gasteiger partial charge in [0.05, 0.1) is 14.2 Å². The molecule has 1 heterocycles. The summed E-state index contributed by atoms with van der Waals surface area (Å²) in [7, 11) is -2.11. The summed E-state index contributed by atoms with van der Waals surface area (Å²) < 4.78 is 45.5. The van der Waals surface area contributed by atoms with E-state index in [0.717, 1.165) is 0 Å². The van der Waals surface area contributed by atoms with E-state index in [-0.39, 0.29) is 29.0 Å². The Bertz CT molecular complexity index is 831. The van der Waals surface area contributed by atoms with Crippen molar-refractivity contribution in [2.75, 3.05) is 25.7 Å². The van der Waals surface area contributed by atoms with Crippen molar-refractivity contribution in [3.05, 3.63) is 29.5 Å². The van der Waals surface area contributed by atoms with Crippen molar-refractivity contribution in [1.29, 1.82) is 0 Å². The number of nitrogen functional groups attached to an aromatic ring is 2. The quantitative estimate of drug-likeness (QED) is 0.619. The molecular formula is C13H16N4O6S. The van der Waals surface area contributed by atoms with Crippen LogP contribution in [0.5, 0.6) is 17.2 Å². The topological polar surface area (TPSA) is 160 Å². The fourth-order valence-corrected chi connectivity index (χ4v) is 2.39. The average molecular weight is 356 g/mol. The van der Waals surface area contributed by atoms with Gasteiger partial charge in [-0.15, -0.1) is 0 Å². The summed E-state index contributed by atoms with van der Waals surface area (Å²) in [4.78, 5) is 7.74. The number of anilines is 2. The van der Waals surface area contributed by atoms with Gasteiger partial charge in [-0.05, 0) is 17.7 Å². The highest BCUT2D eigenvalue weighted by atomic mass is 32.3. The molecule has 2 aromatic rings. The Morgan fingerprint density at radius 3 is 2.21 bits per heavy atom. The van der Waals surface area contributed by atoms with E-state index in [1.54, 1.807) is 0 Å². The average Bonchev–Trinajstić information content (AvgIpc) is 2.49. The van der Waals surface area contributed by atoms with E-state index in [1.165, 1.54) is 32.5 Å². The molecule has 0 unspecified atom stereocenters. The van der Waals surface area contributed by atoms with Crippen molar-refractivity contribution in [2.45, 2.75) is 6.42 Å². The van der Waals surface area contributed by atoms with E-state index in [1.807, 2.05) is 0 Å². The van der Waals surface area contributed by atoms with Crippen molar-refractivity contribution in [2.24, 2.45) is 0 Å². The van der Waals surface area contributed by atoms with E-state index in [9.17, 15) is 8.42 Å². The number of ether oxygens (including phenoxy) is 2. The minimum Gasteiger partial charge on any atom is -0.493 e. The molecule has 10 nitrogen and oxygen atoms in total. The van der Waals surface area contributed by atoms with Gasteiger partial charge in [0.2, 0.25) is 11.7 Å². The van der Waals surface area contributed by atoms with Crippen LogP contribution in [0.3, 0.4) is 0 Å². The van der Waals surface area contributed by atoms with Crippen LogP contribution in [0, 0.1) is 0 Å². The maximum Gasteiger partial charge on any atom is 0.446 e. The van der Waals surface area contributed by atoms with Gasteiger partial charge >= 0.3 is 10.4 Å². The zero-order chi connectivity index (χ0) is 17.9. The zero-order valence-corrected chi connectivity index (χ0v) is 13.7. The van der Waals surface area contributed by atoms with Gasteiger partial charge in [0.25, 0.3) is 0 Å². The number of hydrogen-bond donors (Lipinski definition) is 3. The van der Waals surface area contributed by atoms with Crippen LogP contribution < -0.4 is 25.1 Å². The Hall–Kier alpha value is -2.79. The minimum atomic E-state index is -4.74. The summed E-state index contributed by atoms with van der Waals surface area (Å²) in [6, 6.07) is 3.03. The van der Waals surface area contributed by atoms with Crippen molar-refractivity contribution in [3.8, 4) is 17.2 Å². The predicted octanol–water partition coefficient (Wildman–Crippen LogP) is 0.431. The monoisotopic (exact) mass is 356 g/mol. The number of aromatic nitrogens is 2. The third-order valence-corrected chi connectivity index (χ3v) is 3.40. The van der Waals surface area contributed by atoms with Crippen LogP contribution >= 0.6 is 0 Å². The molecule has 1 aromatic heterocycles. The number of nitrogens with two attached hydrogens (primary N) is 2. The van der Waals surface area contributed by atoms with Crippen LogP contribution in [0.1, 0.15) is 11.1 Å². The third-order valence-electron chi connectivity index (χ3n) is 3.02. The van der Waals surface area contributed by atoms with Gasteiger partial charge < -0.3 is 25.1 Å². The normalized spacial score (nSPS) is 11.1. The SMILES string of the molecule is COc1cc(Cc2cnc(N)nc2N)cc(OC)c1OS(=O)(=O)O. The van der Waals surface area contributed by atoms with Gasteiger partial charge in [-0.2, -0.15) is 13.4 Å². The predicted molar refractivity (Wildman–Crippen MR) is 85.4 cm³/mol. The molecule has 0 fully saturated rings. The van der Waals surface area contributed by atoms with Crippen LogP contribution in [0.4, 0.5) is 11.8 Å². The lowest BCUT2D eigenvalue weighted by Gasteiger charge is -2.14. The number of hydrogen-bond acceptors (Lipinski definition) is 9. The molecule has 0 amide bonds. The fourth-order valence-electron chi connectivity index (χ4n) is 2.01. The Kier molecular flexibility index (Phi) is 4.95. The number of rotatable bonds is 6. The lowest BCUT2D eigenvalue weighted by molar-refractivity contribution is 0.337.